The molecule has 104 valence electrons. The Hall–Kier alpha value is -1.41. The first-order valence-corrected chi connectivity index (χ1v) is 5.86. The molecule has 1 aromatic heterocycles. The van der Waals surface area contributed by atoms with E-state index < -0.39 is 6.36 Å². The first-order valence-electron chi connectivity index (χ1n) is 5.04. The van der Waals surface area contributed by atoms with Gasteiger partial charge in [-0.2, -0.15) is 0 Å². The van der Waals surface area contributed by atoms with Crippen molar-refractivity contribution in [3.05, 3.63) is 16.9 Å². The third kappa shape index (κ3) is 2.50. The van der Waals surface area contributed by atoms with Crippen LogP contribution in [0.3, 0.4) is 0 Å². The van der Waals surface area contributed by atoms with Gasteiger partial charge in [-0.25, -0.2) is 0 Å². The van der Waals surface area contributed by atoms with E-state index in [9.17, 15) is 13.2 Å². The molecule has 0 fully saturated rings. The van der Waals surface area contributed by atoms with Gasteiger partial charge in [-0.15, -0.1) is 25.6 Å². The molecule has 0 atom stereocenters. The predicted octanol–water partition coefficient (Wildman–Crippen LogP) is 2.90. The smallest absolute Gasteiger partial charge is 0.489 e. The lowest BCUT2D eigenvalue weighted by molar-refractivity contribution is -0.274. The fourth-order valence-electron chi connectivity index (χ4n) is 1.93. The zero-order valence-electron chi connectivity index (χ0n) is 9.28. The monoisotopic (exact) mass is 312 g/mol. The topological polar surface area (TPSA) is 47.2 Å². The summed E-state index contributed by atoms with van der Waals surface area (Å²) in [5.41, 5.74) is 0.658. The van der Waals surface area contributed by atoms with E-state index in [-0.39, 0.29) is 18.2 Å². The van der Waals surface area contributed by atoms with E-state index in [1.165, 1.54) is 12.1 Å². The number of ether oxygens (including phenoxy) is 2. The third-order valence-electron chi connectivity index (χ3n) is 2.54. The van der Waals surface area contributed by atoms with Gasteiger partial charge >= 0.3 is 6.36 Å². The lowest BCUT2D eigenvalue weighted by atomic mass is 10.2. The van der Waals surface area contributed by atoms with Crippen LogP contribution in [0.25, 0.3) is 10.2 Å². The number of hydrogen-bond acceptors (Lipinski definition) is 4. The molecule has 4 nitrogen and oxygen atoms in total. The molecule has 1 aliphatic rings. The van der Waals surface area contributed by atoms with E-state index in [2.05, 4.69) is 4.74 Å². The lowest BCUT2D eigenvalue weighted by Gasteiger charge is -2.17. The van der Waals surface area contributed by atoms with Gasteiger partial charge in [0, 0.05) is 12.1 Å². The molecule has 19 heavy (non-hydrogen) atoms. The van der Waals surface area contributed by atoms with Crippen LogP contribution in [-0.2, 0) is 6.54 Å². The van der Waals surface area contributed by atoms with Gasteiger partial charge in [0.2, 0.25) is 0 Å². The Morgan fingerprint density at radius 1 is 1.37 bits per heavy atom. The number of hydrogen-bond donors (Lipinski definition) is 1. The van der Waals surface area contributed by atoms with E-state index >= 15 is 0 Å². The third-order valence-corrected chi connectivity index (χ3v) is 3.49. The summed E-state index contributed by atoms with van der Waals surface area (Å²) in [5.74, 6) is 0.00745. The predicted molar refractivity (Wildman–Crippen MR) is 65.1 cm³/mol. The summed E-state index contributed by atoms with van der Waals surface area (Å²) >= 11 is 1.10. The largest absolute Gasteiger partial charge is 0.573 e. The molecule has 0 amide bonds. The summed E-state index contributed by atoms with van der Waals surface area (Å²) in [6.07, 6.45) is -4.73. The lowest BCUT2D eigenvalue weighted by Crippen LogP contribution is -2.22. The number of rotatable bonds is 1. The van der Waals surface area contributed by atoms with Crippen LogP contribution in [-0.4, -0.2) is 17.5 Å². The van der Waals surface area contributed by atoms with Gasteiger partial charge in [-0.05, 0) is 0 Å². The van der Waals surface area contributed by atoms with E-state index in [0.717, 1.165) is 11.3 Å². The summed E-state index contributed by atoms with van der Waals surface area (Å²) in [7, 11) is 0. The standard InChI is InChI=1S/C10H7F3N2O2S.ClH/c11-10(12,13)17-5-3-6-8-7(4-5)18-9(14)15(8)1-2-16-6;/h3-4,14H,1-2H2;1H. The Morgan fingerprint density at radius 2 is 2.11 bits per heavy atom. The summed E-state index contributed by atoms with van der Waals surface area (Å²) in [4.78, 5) is 0.290. The molecule has 9 heteroatoms. The number of aromatic nitrogens is 1. The maximum absolute atomic E-state index is 12.2. The van der Waals surface area contributed by atoms with Gasteiger partial charge < -0.3 is 14.0 Å². The zero-order valence-corrected chi connectivity index (χ0v) is 10.9. The number of alkyl halides is 3. The van der Waals surface area contributed by atoms with Crippen molar-refractivity contribution in [1.29, 1.82) is 5.41 Å². The van der Waals surface area contributed by atoms with Gasteiger partial charge in [0.1, 0.15) is 23.6 Å². The number of halogens is 4. The highest BCUT2D eigenvalue weighted by Gasteiger charge is 2.32. The molecule has 0 spiro atoms. The summed E-state index contributed by atoms with van der Waals surface area (Å²) in [6.45, 7) is 0.871. The van der Waals surface area contributed by atoms with Gasteiger partial charge in [0.15, 0.2) is 4.80 Å². The second-order valence-electron chi connectivity index (χ2n) is 3.72. The number of benzene rings is 1. The minimum Gasteiger partial charge on any atom is -0.489 e. The number of nitrogens with zero attached hydrogens (tertiary/aromatic N) is 1. The highest BCUT2D eigenvalue weighted by atomic mass is 35.5. The first kappa shape index (κ1) is 14.0. The SMILES string of the molecule is Cl.N=c1sc2cc(OC(F)(F)F)cc3c2n1CCO3. The van der Waals surface area contributed by atoms with Crippen LogP contribution in [0.1, 0.15) is 0 Å². The molecule has 3 rings (SSSR count). The van der Waals surface area contributed by atoms with Crippen molar-refractivity contribution in [3.63, 3.8) is 0 Å². The molecular weight excluding hydrogens is 305 g/mol. The quantitative estimate of drug-likeness (QED) is 0.880. The minimum absolute atomic E-state index is 0. The van der Waals surface area contributed by atoms with E-state index in [1.807, 2.05) is 0 Å². The summed E-state index contributed by atoms with van der Waals surface area (Å²) in [6, 6.07) is 2.48. The Bertz CT molecular complexity index is 680. The molecule has 2 aromatic rings. The van der Waals surface area contributed by atoms with Gasteiger partial charge in [0.05, 0.1) is 11.2 Å². The van der Waals surface area contributed by atoms with Crippen molar-refractivity contribution in [3.8, 4) is 11.5 Å². The van der Waals surface area contributed by atoms with Gasteiger partial charge in [0.25, 0.3) is 0 Å². The summed E-state index contributed by atoms with van der Waals surface area (Å²) in [5, 5.41) is 7.74. The van der Waals surface area contributed by atoms with E-state index in [1.54, 1.807) is 4.57 Å². The zero-order chi connectivity index (χ0) is 12.9. The van der Waals surface area contributed by atoms with Crippen molar-refractivity contribution in [1.82, 2.24) is 4.57 Å². The minimum atomic E-state index is -4.73. The van der Waals surface area contributed by atoms with Crippen molar-refractivity contribution < 1.29 is 22.6 Å². The van der Waals surface area contributed by atoms with E-state index in [0.29, 0.717) is 33.9 Å². The van der Waals surface area contributed by atoms with Crippen molar-refractivity contribution in [2.24, 2.45) is 0 Å². The Kier molecular flexibility index (Phi) is 3.40. The molecule has 0 bridgehead atoms. The first-order chi connectivity index (χ1) is 8.44. The molecule has 1 aromatic carbocycles. The normalized spacial score (nSPS) is 13.8. The molecule has 2 heterocycles. The molecule has 0 saturated heterocycles. The van der Waals surface area contributed by atoms with E-state index in [4.69, 9.17) is 10.1 Å². The fraction of sp³-hybridized carbons (Fsp3) is 0.300. The Labute approximate surface area is 115 Å². The van der Waals surface area contributed by atoms with Gasteiger partial charge in [-0.1, -0.05) is 11.3 Å². The van der Waals surface area contributed by atoms with Crippen LogP contribution in [0.4, 0.5) is 13.2 Å². The van der Waals surface area contributed by atoms with Crippen molar-refractivity contribution in [2.45, 2.75) is 12.9 Å². The second kappa shape index (κ2) is 4.61. The van der Waals surface area contributed by atoms with Crippen LogP contribution in [0.5, 0.6) is 11.5 Å². The Morgan fingerprint density at radius 3 is 2.79 bits per heavy atom. The maximum atomic E-state index is 12.2. The van der Waals surface area contributed by atoms with Gasteiger partial charge in [-0.3, -0.25) is 5.41 Å². The average molecular weight is 313 g/mol. The van der Waals surface area contributed by atoms with Crippen molar-refractivity contribution >= 4 is 34.0 Å². The van der Waals surface area contributed by atoms with Crippen LogP contribution in [0.2, 0.25) is 0 Å². The highest BCUT2D eigenvalue weighted by Crippen LogP contribution is 2.36. The van der Waals surface area contributed by atoms with Crippen LogP contribution < -0.4 is 14.3 Å². The average Bonchev–Trinajstić information content (AvgIpc) is 2.55. The maximum Gasteiger partial charge on any atom is 0.573 e. The second-order valence-corrected chi connectivity index (χ2v) is 4.75. The molecule has 0 radical (unpaired) electrons. The Balaban J connectivity index is 0.00000133. The number of nitrogens with one attached hydrogen (secondary N) is 1. The van der Waals surface area contributed by atoms with Crippen molar-refractivity contribution in [2.75, 3.05) is 6.61 Å². The summed E-state index contributed by atoms with van der Waals surface area (Å²) < 4.78 is 48.0. The number of thiazole rings is 1. The molecule has 0 saturated carbocycles. The van der Waals surface area contributed by atoms with Crippen LogP contribution >= 0.6 is 23.7 Å². The highest BCUT2D eigenvalue weighted by molar-refractivity contribution is 7.16. The molecule has 1 N–H and O–H groups in total. The molecule has 0 unspecified atom stereocenters. The molecule has 0 aliphatic carbocycles. The van der Waals surface area contributed by atoms with Crippen LogP contribution in [0.15, 0.2) is 12.1 Å². The van der Waals surface area contributed by atoms with Crippen LogP contribution in [0, 0.1) is 5.41 Å². The fourth-order valence-corrected chi connectivity index (χ4v) is 2.91. The molecular formula is C10H8ClF3N2O2S. The molecule has 1 aliphatic heterocycles.